The van der Waals surface area contributed by atoms with Crippen molar-refractivity contribution >= 4 is 0 Å². The van der Waals surface area contributed by atoms with Gasteiger partial charge in [0.1, 0.15) is 11.5 Å². The normalized spacial score (nSPS) is 12.0. The molecule has 1 N–H and O–H groups in total. The first-order valence-electron chi connectivity index (χ1n) is 9.77. The Balaban J connectivity index is 1.85. The van der Waals surface area contributed by atoms with E-state index in [1.54, 1.807) is 6.07 Å². The Morgan fingerprint density at radius 2 is 1.44 bits per heavy atom. The van der Waals surface area contributed by atoms with Crippen LogP contribution in [0.1, 0.15) is 69.8 Å². The first-order chi connectivity index (χ1) is 12.3. The van der Waals surface area contributed by atoms with Gasteiger partial charge in [-0.1, -0.05) is 88.3 Å². The minimum absolute atomic E-state index is 0.233. The number of phenolic OH excluding ortho intramolecular Hbond substituents is 1. The third-order valence-electron chi connectivity index (χ3n) is 4.73. The van der Waals surface area contributed by atoms with E-state index in [1.807, 2.05) is 48.5 Å². The van der Waals surface area contributed by atoms with E-state index in [1.165, 1.54) is 44.9 Å². The van der Waals surface area contributed by atoms with E-state index in [2.05, 4.69) is 6.92 Å². The summed E-state index contributed by atoms with van der Waals surface area (Å²) in [5, 5.41) is 10.2. The molecular formula is C23H32O2. The molecule has 0 saturated heterocycles. The Morgan fingerprint density at radius 1 is 0.800 bits per heavy atom. The van der Waals surface area contributed by atoms with Gasteiger partial charge in [-0.25, -0.2) is 0 Å². The molecule has 0 fully saturated rings. The minimum atomic E-state index is 0.233. The molecular weight excluding hydrogens is 308 g/mol. The molecule has 0 heterocycles. The highest BCUT2D eigenvalue weighted by atomic mass is 16.5. The van der Waals surface area contributed by atoms with Gasteiger partial charge in [0, 0.05) is 11.5 Å². The van der Waals surface area contributed by atoms with Crippen molar-refractivity contribution in [3.05, 3.63) is 60.2 Å². The molecule has 0 aliphatic carbocycles. The van der Waals surface area contributed by atoms with Gasteiger partial charge in [0.15, 0.2) is 0 Å². The summed E-state index contributed by atoms with van der Waals surface area (Å²) in [7, 11) is 0. The topological polar surface area (TPSA) is 29.5 Å². The third kappa shape index (κ3) is 7.21. The molecule has 25 heavy (non-hydrogen) atoms. The van der Waals surface area contributed by atoms with Gasteiger partial charge >= 0.3 is 0 Å². The molecule has 0 bridgehead atoms. The number of para-hydroxylation sites is 2. The van der Waals surface area contributed by atoms with Crippen LogP contribution in [0.2, 0.25) is 0 Å². The molecule has 2 rings (SSSR count). The molecule has 2 heteroatoms. The number of ether oxygens (including phenoxy) is 1. The van der Waals surface area contributed by atoms with Gasteiger partial charge in [0.05, 0.1) is 6.61 Å². The van der Waals surface area contributed by atoms with Crippen molar-refractivity contribution in [2.75, 3.05) is 6.61 Å². The fourth-order valence-corrected chi connectivity index (χ4v) is 3.22. The van der Waals surface area contributed by atoms with Crippen molar-refractivity contribution in [3.63, 3.8) is 0 Å². The Labute approximate surface area is 152 Å². The predicted octanol–water partition coefficient (Wildman–Crippen LogP) is 6.70. The monoisotopic (exact) mass is 340 g/mol. The highest BCUT2D eigenvalue weighted by Crippen LogP contribution is 2.30. The standard InChI is InChI=1S/C23H32O2/c1-2-3-4-5-6-7-9-14-20(22-17-12-13-18-23(22)24)19-25-21-15-10-8-11-16-21/h8,10-13,15-18,20,24H,2-7,9,14,19H2,1H3. The van der Waals surface area contributed by atoms with Gasteiger partial charge in [-0.15, -0.1) is 0 Å². The van der Waals surface area contributed by atoms with Gasteiger partial charge in [0.25, 0.3) is 0 Å². The number of phenols is 1. The van der Waals surface area contributed by atoms with Crippen LogP contribution in [0.4, 0.5) is 0 Å². The van der Waals surface area contributed by atoms with Crippen molar-refractivity contribution in [2.45, 2.75) is 64.2 Å². The molecule has 2 aromatic carbocycles. The van der Waals surface area contributed by atoms with Crippen molar-refractivity contribution < 1.29 is 9.84 Å². The molecule has 0 aliphatic rings. The zero-order valence-corrected chi connectivity index (χ0v) is 15.5. The molecule has 2 aromatic rings. The molecule has 1 unspecified atom stereocenters. The lowest BCUT2D eigenvalue weighted by Gasteiger charge is -2.19. The number of hydrogen-bond donors (Lipinski definition) is 1. The lowest BCUT2D eigenvalue weighted by molar-refractivity contribution is 0.275. The van der Waals surface area contributed by atoms with Crippen LogP contribution in [0, 0.1) is 0 Å². The maximum absolute atomic E-state index is 10.2. The fourth-order valence-electron chi connectivity index (χ4n) is 3.22. The molecule has 0 saturated carbocycles. The van der Waals surface area contributed by atoms with Gasteiger partial charge in [0.2, 0.25) is 0 Å². The van der Waals surface area contributed by atoms with Gasteiger partial charge in [-0.3, -0.25) is 0 Å². The molecule has 0 radical (unpaired) electrons. The second-order valence-electron chi connectivity index (χ2n) is 6.79. The highest BCUT2D eigenvalue weighted by molar-refractivity contribution is 5.35. The molecule has 0 spiro atoms. The lowest BCUT2D eigenvalue weighted by Crippen LogP contribution is -2.11. The van der Waals surface area contributed by atoms with Crippen LogP contribution in [-0.4, -0.2) is 11.7 Å². The average Bonchev–Trinajstić information content (AvgIpc) is 2.65. The third-order valence-corrected chi connectivity index (χ3v) is 4.73. The van der Waals surface area contributed by atoms with E-state index in [-0.39, 0.29) is 5.92 Å². The van der Waals surface area contributed by atoms with Gasteiger partial charge < -0.3 is 9.84 Å². The van der Waals surface area contributed by atoms with Gasteiger partial charge in [-0.05, 0) is 24.6 Å². The van der Waals surface area contributed by atoms with Crippen LogP contribution in [0.15, 0.2) is 54.6 Å². The van der Waals surface area contributed by atoms with Crippen molar-refractivity contribution in [1.82, 2.24) is 0 Å². The second kappa shape index (κ2) is 11.6. The number of aromatic hydroxyl groups is 1. The zero-order valence-electron chi connectivity index (χ0n) is 15.5. The number of rotatable bonds is 12. The highest BCUT2D eigenvalue weighted by Gasteiger charge is 2.16. The Bertz CT molecular complexity index is 580. The Morgan fingerprint density at radius 3 is 2.16 bits per heavy atom. The van der Waals surface area contributed by atoms with Crippen LogP contribution in [0.3, 0.4) is 0 Å². The van der Waals surface area contributed by atoms with Crippen LogP contribution >= 0.6 is 0 Å². The number of benzene rings is 2. The first kappa shape index (κ1) is 19.4. The number of unbranched alkanes of at least 4 members (excludes halogenated alkanes) is 6. The maximum atomic E-state index is 10.2. The quantitative estimate of drug-likeness (QED) is 0.436. The van der Waals surface area contributed by atoms with Crippen LogP contribution in [-0.2, 0) is 0 Å². The van der Waals surface area contributed by atoms with E-state index in [4.69, 9.17) is 4.74 Å². The summed E-state index contributed by atoms with van der Waals surface area (Å²) in [6, 6.07) is 17.6. The van der Waals surface area contributed by atoms with E-state index in [9.17, 15) is 5.11 Å². The summed E-state index contributed by atoms with van der Waals surface area (Å²) in [4.78, 5) is 0. The smallest absolute Gasteiger partial charge is 0.119 e. The molecule has 0 amide bonds. The summed E-state index contributed by atoms with van der Waals surface area (Å²) in [5.41, 5.74) is 1.00. The van der Waals surface area contributed by atoms with E-state index >= 15 is 0 Å². The zero-order chi connectivity index (χ0) is 17.7. The number of hydrogen-bond acceptors (Lipinski definition) is 2. The van der Waals surface area contributed by atoms with Crippen LogP contribution in [0.25, 0.3) is 0 Å². The Kier molecular flexibility index (Phi) is 8.96. The SMILES string of the molecule is CCCCCCCCCC(COc1ccccc1)c1ccccc1O. The van der Waals surface area contributed by atoms with Crippen molar-refractivity contribution in [1.29, 1.82) is 0 Å². The molecule has 0 aliphatic heterocycles. The molecule has 1 atom stereocenters. The van der Waals surface area contributed by atoms with E-state index in [0.29, 0.717) is 12.4 Å². The molecule has 2 nitrogen and oxygen atoms in total. The largest absolute Gasteiger partial charge is 0.508 e. The van der Waals surface area contributed by atoms with E-state index < -0.39 is 0 Å². The predicted molar refractivity (Wildman–Crippen MR) is 105 cm³/mol. The Hall–Kier alpha value is -1.96. The van der Waals surface area contributed by atoms with Crippen molar-refractivity contribution in [2.24, 2.45) is 0 Å². The summed E-state index contributed by atoms with van der Waals surface area (Å²) in [5.74, 6) is 1.51. The van der Waals surface area contributed by atoms with Crippen LogP contribution < -0.4 is 4.74 Å². The summed E-state index contributed by atoms with van der Waals surface area (Å²) >= 11 is 0. The van der Waals surface area contributed by atoms with Crippen LogP contribution in [0.5, 0.6) is 11.5 Å². The molecule has 136 valence electrons. The lowest BCUT2D eigenvalue weighted by atomic mass is 9.92. The minimum Gasteiger partial charge on any atom is -0.508 e. The van der Waals surface area contributed by atoms with E-state index in [0.717, 1.165) is 17.7 Å². The summed E-state index contributed by atoms with van der Waals surface area (Å²) in [6.45, 7) is 2.86. The van der Waals surface area contributed by atoms with Gasteiger partial charge in [-0.2, -0.15) is 0 Å². The maximum Gasteiger partial charge on any atom is 0.119 e. The average molecular weight is 341 g/mol. The summed E-state index contributed by atoms with van der Waals surface area (Å²) < 4.78 is 5.98. The summed E-state index contributed by atoms with van der Waals surface area (Å²) in [6.07, 6.45) is 10.2. The fraction of sp³-hybridized carbons (Fsp3) is 0.478. The molecule has 0 aromatic heterocycles. The second-order valence-corrected chi connectivity index (χ2v) is 6.79. The van der Waals surface area contributed by atoms with Crippen molar-refractivity contribution in [3.8, 4) is 11.5 Å². The first-order valence-corrected chi connectivity index (χ1v) is 9.77.